The largest absolute Gasteiger partial charge is 0.457 e. The maximum atomic E-state index is 13.8. The molecule has 3 aromatic rings. The van der Waals surface area contributed by atoms with Crippen molar-refractivity contribution in [3.05, 3.63) is 83.9 Å². The zero-order valence-electron chi connectivity index (χ0n) is 14.0. The van der Waals surface area contributed by atoms with E-state index in [9.17, 15) is 14.0 Å². The van der Waals surface area contributed by atoms with Gasteiger partial charge in [0.25, 0.3) is 0 Å². The molecule has 26 heavy (non-hydrogen) atoms. The van der Waals surface area contributed by atoms with Crippen LogP contribution < -0.4 is 5.32 Å². The summed E-state index contributed by atoms with van der Waals surface area (Å²) in [6, 6.07) is 16.3. The van der Waals surface area contributed by atoms with Crippen molar-refractivity contribution in [2.75, 3.05) is 5.32 Å². The van der Waals surface area contributed by atoms with Crippen molar-refractivity contribution in [3.63, 3.8) is 0 Å². The highest BCUT2D eigenvalue weighted by Gasteiger charge is 2.09. The number of carbonyl (C=O) groups is 2. The Morgan fingerprint density at radius 2 is 1.85 bits per heavy atom. The Hall–Kier alpha value is -3.47. The summed E-state index contributed by atoms with van der Waals surface area (Å²) < 4.78 is 19.4. The Morgan fingerprint density at radius 3 is 2.62 bits per heavy atom. The molecule has 0 aliphatic carbocycles. The van der Waals surface area contributed by atoms with Crippen LogP contribution in [0, 0.1) is 5.82 Å². The zero-order valence-corrected chi connectivity index (χ0v) is 14.0. The highest BCUT2D eigenvalue weighted by molar-refractivity contribution is 6.07. The molecule has 0 aliphatic heterocycles. The molecule has 1 amide bonds. The number of allylic oxidation sites excluding steroid dienone is 1. The number of anilines is 1. The summed E-state index contributed by atoms with van der Waals surface area (Å²) in [4.78, 5) is 23.4. The molecular formula is C21H16FNO3. The summed E-state index contributed by atoms with van der Waals surface area (Å²) >= 11 is 0. The Morgan fingerprint density at radius 1 is 1.04 bits per heavy atom. The van der Waals surface area contributed by atoms with Gasteiger partial charge in [-0.2, -0.15) is 0 Å². The van der Waals surface area contributed by atoms with Crippen LogP contribution in [0.5, 0.6) is 0 Å². The number of ketones is 1. The molecule has 130 valence electrons. The molecule has 0 saturated heterocycles. The molecule has 5 heteroatoms. The topological polar surface area (TPSA) is 59.3 Å². The van der Waals surface area contributed by atoms with Gasteiger partial charge in [0.15, 0.2) is 5.78 Å². The first-order valence-corrected chi connectivity index (χ1v) is 7.98. The first-order valence-electron chi connectivity index (χ1n) is 7.98. The summed E-state index contributed by atoms with van der Waals surface area (Å²) in [6.07, 6.45) is 2.90. The van der Waals surface area contributed by atoms with Gasteiger partial charge in [-0.05, 0) is 48.6 Å². The number of benzene rings is 2. The SMILES string of the molecule is CC(=O)Nc1cccc(C(=O)/C=C/c2ccc(-c3ccccc3F)o2)c1. The Bertz CT molecular complexity index is 988. The number of halogens is 1. The van der Waals surface area contributed by atoms with Gasteiger partial charge in [0.05, 0.1) is 5.56 Å². The molecule has 1 N–H and O–H groups in total. The van der Waals surface area contributed by atoms with E-state index in [1.165, 1.54) is 25.1 Å². The molecule has 0 bridgehead atoms. The van der Waals surface area contributed by atoms with E-state index < -0.39 is 0 Å². The molecule has 0 atom stereocenters. The lowest BCUT2D eigenvalue weighted by Crippen LogP contribution is -2.06. The van der Waals surface area contributed by atoms with Crippen LogP contribution >= 0.6 is 0 Å². The summed E-state index contributed by atoms with van der Waals surface area (Å²) in [6.45, 7) is 1.40. The molecule has 1 heterocycles. The zero-order chi connectivity index (χ0) is 18.5. The molecule has 0 aliphatic rings. The van der Waals surface area contributed by atoms with Crippen LogP contribution in [-0.2, 0) is 4.79 Å². The predicted octanol–water partition coefficient (Wildman–Crippen LogP) is 4.94. The lowest BCUT2D eigenvalue weighted by molar-refractivity contribution is -0.114. The van der Waals surface area contributed by atoms with Gasteiger partial charge in [0, 0.05) is 18.2 Å². The minimum absolute atomic E-state index is 0.207. The molecule has 3 rings (SSSR count). The number of hydrogen-bond donors (Lipinski definition) is 1. The summed E-state index contributed by atoms with van der Waals surface area (Å²) in [5, 5.41) is 2.63. The lowest BCUT2D eigenvalue weighted by Gasteiger charge is -2.03. The second-order valence-corrected chi connectivity index (χ2v) is 5.64. The number of nitrogens with one attached hydrogen (secondary N) is 1. The smallest absolute Gasteiger partial charge is 0.221 e. The van der Waals surface area contributed by atoms with Gasteiger partial charge in [-0.25, -0.2) is 4.39 Å². The number of furan rings is 1. The van der Waals surface area contributed by atoms with Crippen LogP contribution in [0.2, 0.25) is 0 Å². The second-order valence-electron chi connectivity index (χ2n) is 5.64. The molecular weight excluding hydrogens is 333 g/mol. The van der Waals surface area contributed by atoms with Crippen LogP contribution in [0.4, 0.5) is 10.1 Å². The van der Waals surface area contributed by atoms with Crippen molar-refractivity contribution in [2.45, 2.75) is 6.92 Å². The maximum Gasteiger partial charge on any atom is 0.221 e. The van der Waals surface area contributed by atoms with E-state index in [4.69, 9.17) is 4.42 Å². The van der Waals surface area contributed by atoms with E-state index in [1.54, 1.807) is 54.6 Å². The predicted molar refractivity (Wildman–Crippen MR) is 98.2 cm³/mol. The van der Waals surface area contributed by atoms with Crippen LogP contribution in [0.1, 0.15) is 23.0 Å². The van der Waals surface area contributed by atoms with E-state index in [2.05, 4.69) is 5.32 Å². The molecule has 4 nitrogen and oxygen atoms in total. The number of carbonyl (C=O) groups excluding carboxylic acids is 2. The van der Waals surface area contributed by atoms with Crippen molar-refractivity contribution in [1.29, 1.82) is 0 Å². The summed E-state index contributed by atoms with van der Waals surface area (Å²) in [7, 11) is 0. The monoisotopic (exact) mass is 349 g/mol. The number of rotatable bonds is 5. The number of hydrogen-bond acceptors (Lipinski definition) is 3. The Kier molecular flexibility index (Phi) is 5.08. The molecule has 0 saturated carbocycles. The van der Waals surface area contributed by atoms with Crippen LogP contribution in [0.25, 0.3) is 17.4 Å². The Balaban J connectivity index is 1.75. The van der Waals surface area contributed by atoms with Crippen molar-refractivity contribution in [1.82, 2.24) is 0 Å². The fourth-order valence-electron chi connectivity index (χ4n) is 2.46. The molecule has 2 aromatic carbocycles. The van der Waals surface area contributed by atoms with Gasteiger partial charge in [-0.1, -0.05) is 24.3 Å². The quantitative estimate of drug-likeness (QED) is 0.524. The minimum Gasteiger partial charge on any atom is -0.457 e. The van der Waals surface area contributed by atoms with E-state index in [1.807, 2.05) is 0 Å². The molecule has 0 unspecified atom stereocenters. The van der Waals surface area contributed by atoms with Gasteiger partial charge in [0.2, 0.25) is 5.91 Å². The van der Waals surface area contributed by atoms with Crippen molar-refractivity contribution >= 4 is 23.5 Å². The van der Waals surface area contributed by atoms with Crippen LogP contribution in [-0.4, -0.2) is 11.7 Å². The average molecular weight is 349 g/mol. The molecule has 1 aromatic heterocycles. The van der Waals surface area contributed by atoms with E-state index in [0.717, 1.165) is 0 Å². The van der Waals surface area contributed by atoms with Gasteiger partial charge >= 0.3 is 0 Å². The summed E-state index contributed by atoms with van der Waals surface area (Å²) in [5.41, 5.74) is 1.35. The van der Waals surface area contributed by atoms with Crippen molar-refractivity contribution in [3.8, 4) is 11.3 Å². The molecule has 0 fully saturated rings. The third-order valence-corrected chi connectivity index (χ3v) is 3.63. The van der Waals surface area contributed by atoms with E-state index in [-0.39, 0.29) is 17.5 Å². The van der Waals surface area contributed by atoms with Gasteiger partial charge in [0.1, 0.15) is 17.3 Å². The first kappa shape index (κ1) is 17.4. The first-order chi connectivity index (χ1) is 12.5. The molecule has 0 spiro atoms. The van der Waals surface area contributed by atoms with E-state index in [0.29, 0.717) is 28.3 Å². The lowest BCUT2D eigenvalue weighted by atomic mass is 10.1. The second kappa shape index (κ2) is 7.61. The van der Waals surface area contributed by atoms with Gasteiger partial charge < -0.3 is 9.73 Å². The third kappa shape index (κ3) is 4.13. The van der Waals surface area contributed by atoms with Crippen LogP contribution in [0.3, 0.4) is 0 Å². The fourth-order valence-corrected chi connectivity index (χ4v) is 2.46. The maximum absolute atomic E-state index is 13.8. The fraction of sp³-hybridized carbons (Fsp3) is 0.0476. The highest BCUT2D eigenvalue weighted by atomic mass is 19.1. The standard InChI is InChI=1S/C21H16FNO3/c1-14(24)23-16-6-4-5-15(13-16)20(25)11-9-17-10-12-21(26-17)18-7-2-3-8-19(18)22/h2-13H,1H3,(H,23,24)/b11-9+. The summed E-state index contributed by atoms with van der Waals surface area (Å²) in [5.74, 6) is 0.0168. The van der Waals surface area contributed by atoms with Crippen LogP contribution in [0.15, 0.2) is 71.2 Å². The Labute approximate surface area is 150 Å². The van der Waals surface area contributed by atoms with Gasteiger partial charge in [-0.3, -0.25) is 9.59 Å². The molecule has 0 radical (unpaired) electrons. The third-order valence-electron chi connectivity index (χ3n) is 3.63. The normalized spacial score (nSPS) is 10.8. The van der Waals surface area contributed by atoms with Gasteiger partial charge in [-0.15, -0.1) is 0 Å². The van der Waals surface area contributed by atoms with Crippen molar-refractivity contribution in [2.24, 2.45) is 0 Å². The van der Waals surface area contributed by atoms with E-state index >= 15 is 0 Å². The highest BCUT2D eigenvalue weighted by Crippen LogP contribution is 2.25. The van der Waals surface area contributed by atoms with Crippen molar-refractivity contribution < 1.29 is 18.4 Å². The number of amides is 1. The average Bonchev–Trinajstić information content (AvgIpc) is 3.08. The minimum atomic E-state index is -0.372.